The molecule has 0 saturated carbocycles. The smallest absolute Gasteiger partial charge is 0.863 e. The van der Waals surface area contributed by atoms with E-state index in [0.29, 0.717) is 0 Å². The Morgan fingerprint density at radius 3 is 2.60 bits per heavy atom. The molecule has 48 valence electrons. The Bertz CT molecular complexity index is 236. The van der Waals surface area contributed by atoms with Crippen LogP contribution in [-0.4, -0.2) is 20.0 Å². The third-order valence-electron chi connectivity index (χ3n) is 0.812. The molecule has 0 aliphatic carbocycles. The van der Waals surface area contributed by atoms with Gasteiger partial charge in [0.2, 0.25) is 0 Å². The molecule has 10 heavy (non-hydrogen) atoms. The Labute approximate surface area is 106 Å². The number of hydrogen-bond donors (Lipinski definition) is 0. The van der Waals surface area contributed by atoms with Gasteiger partial charge < -0.3 is 5.11 Å². The first-order valence-corrected chi connectivity index (χ1v) is 2.68. The monoisotopic (exact) mass is 181 g/mol. The van der Waals surface area contributed by atoms with Crippen molar-refractivity contribution in [2.45, 2.75) is 0 Å². The minimum absolute atomic E-state index is 0. The second-order valence-electron chi connectivity index (χ2n) is 1.56. The molecule has 1 aromatic heterocycles. The van der Waals surface area contributed by atoms with Crippen LogP contribution in [0, 0.1) is 0 Å². The topological polar surface area (TPSA) is 53.8 Å². The zero-order valence-electron chi connectivity index (χ0n) is 5.74. The summed E-state index contributed by atoms with van der Waals surface area (Å²) in [6, 6.07) is 0. The molecule has 0 spiro atoms. The van der Waals surface area contributed by atoms with Crippen molar-refractivity contribution in [2.75, 3.05) is 0 Å². The summed E-state index contributed by atoms with van der Waals surface area (Å²) in [6.07, 6.45) is 1.48. The van der Waals surface area contributed by atoms with E-state index in [-0.39, 0.29) is 57.1 Å². The minimum Gasteiger partial charge on any atom is -0.863 e. The van der Waals surface area contributed by atoms with Crippen molar-refractivity contribution in [3.63, 3.8) is 0 Å². The molecule has 0 saturated heterocycles. The third-order valence-corrected chi connectivity index (χ3v) is 1.02. The zero-order valence-corrected chi connectivity index (χ0v) is 9.68. The van der Waals surface area contributed by atoms with E-state index in [1.54, 1.807) is 7.05 Å². The summed E-state index contributed by atoms with van der Waals surface area (Å²) in [7, 11) is 1.68. The van der Waals surface area contributed by atoms with E-state index in [2.05, 4.69) is 22.5 Å². The van der Waals surface area contributed by atoms with E-state index in [4.69, 9.17) is 0 Å². The molecule has 1 rings (SSSR count). The molecular formula is C4H4KN3OS. The first-order chi connectivity index (χ1) is 4.20. The van der Waals surface area contributed by atoms with E-state index in [1.165, 1.54) is 10.9 Å². The summed E-state index contributed by atoms with van der Waals surface area (Å²) in [6.45, 7) is 0. The van der Waals surface area contributed by atoms with Crippen molar-refractivity contribution >= 4 is 17.3 Å². The number of nitrogens with zero attached hydrogens (tertiary/aromatic N) is 3. The van der Waals surface area contributed by atoms with Crippen molar-refractivity contribution in [1.82, 2.24) is 15.0 Å². The van der Waals surface area contributed by atoms with Gasteiger partial charge in [-0.05, 0) is 5.05 Å². The SMILES string of the molecule is Cn1cc(C([O-])=S)nn1.[K+]. The normalized spacial score (nSPS) is 8.50. The van der Waals surface area contributed by atoms with Crippen LogP contribution >= 0.6 is 12.2 Å². The van der Waals surface area contributed by atoms with Crippen LogP contribution in [0.3, 0.4) is 0 Å². The molecule has 0 aliphatic heterocycles. The Morgan fingerprint density at radius 2 is 2.40 bits per heavy atom. The van der Waals surface area contributed by atoms with Gasteiger partial charge in [0.25, 0.3) is 0 Å². The Hall–Kier alpha value is 0.666. The van der Waals surface area contributed by atoms with Gasteiger partial charge >= 0.3 is 51.4 Å². The van der Waals surface area contributed by atoms with Crippen LogP contribution in [0.5, 0.6) is 0 Å². The average molecular weight is 181 g/mol. The molecule has 1 aromatic rings. The van der Waals surface area contributed by atoms with Gasteiger partial charge in [0.1, 0.15) is 5.69 Å². The maximum atomic E-state index is 10.4. The molecule has 6 heteroatoms. The average Bonchev–Trinajstić information content (AvgIpc) is 2.14. The summed E-state index contributed by atoms with van der Waals surface area (Å²) >= 11 is 4.30. The first-order valence-electron chi connectivity index (χ1n) is 2.28. The second-order valence-corrected chi connectivity index (χ2v) is 1.94. The fraction of sp³-hybridized carbons (Fsp3) is 0.250. The van der Waals surface area contributed by atoms with Crippen LogP contribution in [0.25, 0.3) is 0 Å². The molecule has 0 amide bonds. The molecule has 0 fully saturated rings. The van der Waals surface area contributed by atoms with Crippen LogP contribution < -0.4 is 56.5 Å². The molecule has 0 aromatic carbocycles. The Morgan fingerprint density at radius 1 is 1.80 bits per heavy atom. The minimum atomic E-state index is -0.469. The molecule has 0 unspecified atom stereocenters. The van der Waals surface area contributed by atoms with E-state index in [1.807, 2.05) is 0 Å². The van der Waals surface area contributed by atoms with Crippen LogP contribution in [-0.2, 0) is 7.05 Å². The zero-order chi connectivity index (χ0) is 6.85. The van der Waals surface area contributed by atoms with Crippen LogP contribution in [0.4, 0.5) is 0 Å². The van der Waals surface area contributed by atoms with Gasteiger partial charge in [-0.1, -0.05) is 17.4 Å². The predicted molar refractivity (Wildman–Crippen MR) is 32.7 cm³/mol. The van der Waals surface area contributed by atoms with Gasteiger partial charge in [-0.25, -0.2) is 0 Å². The predicted octanol–water partition coefficient (Wildman–Crippen LogP) is -4.15. The summed E-state index contributed by atoms with van der Waals surface area (Å²) in [5.74, 6) is 0. The van der Waals surface area contributed by atoms with Crippen LogP contribution in [0.2, 0.25) is 0 Å². The van der Waals surface area contributed by atoms with Gasteiger partial charge in [-0.15, -0.1) is 5.10 Å². The van der Waals surface area contributed by atoms with E-state index < -0.39 is 5.05 Å². The van der Waals surface area contributed by atoms with Gasteiger partial charge in [-0.3, -0.25) is 4.68 Å². The Kier molecular flexibility index (Phi) is 4.83. The fourth-order valence-electron chi connectivity index (χ4n) is 0.441. The molecule has 0 N–H and O–H groups in total. The van der Waals surface area contributed by atoms with Crippen molar-refractivity contribution in [3.8, 4) is 0 Å². The van der Waals surface area contributed by atoms with Gasteiger partial charge in [-0.2, -0.15) is 0 Å². The first kappa shape index (κ1) is 10.7. The van der Waals surface area contributed by atoms with Crippen LogP contribution in [0.1, 0.15) is 5.69 Å². The van der Waals surface area contributed by atoms with E-state index >= 15 is 0 Å². The molecule has 4 nitrogen and oxygen atoms in total. The fourth-order valence-corrected chi connectivity index (χ4v) is 0.534. The number of aromatic nitrogens is 3. The third kappa shape index (κ3) is 2.73. The summed E-state index contributed by atoms with van der Waals surface area (Å²) in [5.41, 5.74) is 0.229. The van der Waals surface area contributed by atoms with Crippen molar-refractivity contribution in [2.24, 2.45) is 7.05 Å². The number of thiocarbonyl (C=S) groups is 1. The van der Waals surface area contributed by atoms with Crippen LogP contribution in [0.15, 0.2) is 6.20 Å². The van der Waals surface area contributed by atoms with Crippen molar-refractivity contribution < 1.29 is 56.5 Å². The van der Waals surface area contributed by atoms with Crippen molar-refractivity contribution in [1.29, 1.82) is 0 Å². The molecule has 0 bridgehead atoms. The molecule has 0 aliphatic rings. The summed E-state index contributed by atoms with van der Waals surface area (Å²) < 4.78 is 1.43. The van der Waals surface area contributed by atoms with Gasteiger partial charge in [0.15, 0.2) is 0 Å². The maximum Gasteiger partial charge on any atom is 1.00 e. The number of rotatable bonds is 1. The van der Waals surface area contributed by atoms with Crippen molar-refractivity contribution in [3.05, 3.63) is 11.9 Å². The molecule has 0 atom stereocenters. The molecular weight excluding hydrogens is 177 g/mol. The second kappa shape index (κ2) is 4.53. The quantitative estimate of drug-likeness (QED) is 0.326. The summed E-state index contributed by atoms with van der Waals surface area (Å²) in [5, 5.41) is 16.9. The van der Waals surface area contributed by atoms with Gasteiger partial charge in [0, 0.05) is 7.05 Å². The standard InChI is InChI=1S/C4H5N3OS.K/c1-7-2-3(4(8)9)5-6-7;/h2H,1H3,(H,8,9);/q;+1/p-1. The molecule has 0 radical (unpaired) electrons. The summed E-state index contributed by atoms with van der Waals surface area (Å²) in [4.78, 5) is 0. The number of aryl methyl sites for hydroxylation is 1. The maximum absolute atomic E-state index is 10.4. The molecule has 1 heterocycles. The van der Waals surface area contributed by atoms with E-state index in [9.17, 15) is 5.11 Å². The largest absolute Gasteiger partial charge is 1.00 e. The van der Waals surface area contributed by atoms with Gasteiger partial charge in [0.05, 0.1) is 6.20 Å². The Balaban J connectivity index is 0.000000810. The number of hydrogen-bond acceptors (Lipinski definition) is 4. The van der Waals surface area contributed by atoms with E-state index in [0.717, 1.165) is 0 Å².